The molecule has 0 saturated heterocycles. The van der Waals surface area contributed by atoms with E-state index in [1.165, 1.54) is 6.20 Å². The van der Waals surface area contributed by atoms with Gasteiger partial charge in [0.15, 0.2) is 0 Å². The van der Waals surface area contributed by atoms with Gasteiger partial charge < -0.3 is 5.32 Å². The molecule has 1 heterocycles. The van der Waals surface area contributed by atoms with Crippen LogP contribution in [0.5, 0.6) is 0 Å². The third-order valence-electron chi connectivity index (χ3n) is 2.75. The first-order chi connectivity index (χ1) is 9.72. The minimum Gasteiger partial charge on any atom is -0.360 e. The summed E-state index contributed by atoms with van der Waals surface area (Å²) in [6.07, 6.45) is 2.41. The van der Waals surface area contributed by atoms with Crippen LogP contribution in [0, 0.1) is 22.7 Å². The second kappa shape index (κ2) is 6.17. The largest absolute Gasteiger partial charge is 0.360 e. The SMILES string of the molecule is N#CC(C#N)=CNc1ccc(C2=NNC(=O)CC2)cc1. The van der Waals surface area contributed by atoms with Crippen molar-refractivity contribution >= 4 is 17.3 Å². The lowest BCUT2D eigenvalue weighted by molar-refractivity contribution is -0.121. The minimum absolute atomic E-state index is 0.00782. The fraction of sp³-hybridized carbons (Fsp3) is 0.143. The van der Waals surface area contributed by atoms with Crippen molar-refractivity contribution < 1.29 is 4.79 Å². The highest BCUT2D eigenvalue weighted by Gasteiger charge is 2.12. The van der Waals surface area contributed by atoms with Crippen LogP contribution >= 0.6 is 0 Å². The number of nitriles is 2. The molecule has 6 nitrogen and oxygen atoms in total. The van der Waals surface area contributed by atoms with Gasteiger partial charge in [0, 0.05) is 24.7 Å². The van der Waals surface area contributed by atoms with Crippen LogP contribution in [0.25, 0.3) is 0 Å². The standard InChI is InChI=1S/C14H11N5O/c15-7-10(8-16)9-17-12-3-1-11(2-4-12)13-5-6-14(20)19-18-13/h1-4,9,17H,5-6H2,(H,19,20). The number of hydrogen-bond donors (Lipinski definition) is 2. The maximum Gasteiger partial charge on any atom is 0.240 e. The number of allylic oxidation sites excluding steroid dienone is 1. The molecule has 0 fully saturated rings. The number of nitrogens with zero attached hydrogens (tertiary/aromatic N) is 3. The van der Waals surface area contributed by atoms with E-state index in [1.807, 2.05) is 24.3 Å². The summed E-state index contributed by atoms with van der Waals surface area (Å²) in [5.41, 5.74) is 4.99. The zero-order chi connectivity index (χ0) is 14.4. The van der Waals surface area contributed by atoms with Gasteiger partial charge in [-0.3, -0.25) is 4.79 Å². The highest BCUT2D eigenvalue weighted by Crippen LogP contribution is 2.14. The van der Waals surface area contributed by atoms with Crippen LogP contribution < -0.4 is 10.7 Å². The van der Waals surface area contributed by atoms with Gasteiger partial charge in [0.05, 0.1) is 5.71 Å². The van der Waals surface area contributed by atoms with Crippen LogP contribution in [0.1, 0.15) is 18.4 Å². The lowest BCUT2D eigenvalue weighted by atomic mass is 10.0. The number of carbonyl (C=O) groups excluding carboxylic acids is 1. The summed E-state index contributed by atoms with van der Waals surface area (Å²) in [7, 11) is 0. The molecule has 6 heteroatoms. The molecule has 0 unspecified atom stereocenters. The molecule has 0 aliphatic carbocycles. The first-order valence-electron chi connectivity index (χ1n) is 5.95. The Morgan fingerprint density at radius 2 is 1.95 bits per heavy atom. The smallest absolute Gasteiger partial charge is 0.240 e. The molecular formula is C14H11N5O. The summed E-state index contributed by atoms with van der Waals surface area (Å²) in [6, 6.07) is 10.9. The van der Waals surface area contributed by atoms with E-state index in [2.05, 4.69) is 15.8 Å². The van der Waals surface area contributed by atoms with Crippen LogP contribution in [0.2, 0.25) is 0 Å². The number of anilines is 1. The zero-order valence-corrected chi connectivity index (χ0v) is 10.6. The molecule has 1 aliphatic heterocycles. The monoisotopic (exact) mass is 265 g/mol. The van der Waals surface area contributed by atoms with E-state index < -0.39 is 0 Å². The molecule has 2 N–H and O–H groups in total. The van der Waals surface area contributed by atoms with E-state index >= 15 is 0 Å². The quantitative estimate of drug-likeness (QED) is 0.811. The lowest BCUT2D eigenvalue weighted by Gasteiger charge is -2.12. The van der Waals surface area contributed by atoms with E-state index in [9.17, 15) is 4.79 Å². The summed E-state index contributed by atoms with van der Waals surface area (Å²) in [4.78, 5) is 11.0. The van der Waals surface area contributed by atoms with Gasteiger partial charge in [-0.15, -0.1) is 0 Å². The second-order valence-corrected chi connectivity index (χ2v) is 4.10. The average Bonchev–Trinajstić information content (AvgIpc) is 2.50. The van der Waals surface area contributed by atoms with E-state index in [0.717, 1.165) is 17.0 Å². The number of nitrogens with one attached hydrogen (secondary N) is 2. The normalized spacial score (nSPS) is 13.3. The second-order valence-electron chi connectivity index (χ2n) is 4.10. The number of benzene rings is 1. The zero-order valence-electron chi connectivity index (χ0n) is 10.6. The summed E-state index contributed by atoms with van der Waals surface area (Å²) >= 11 is 0. The van der Waals surface area contributed by atoms with E-state index in [4.69, 9.17) is 10.5 Å². The Hall–Kier alpha value is -3.12. The van der Waals surface area contributed by atoms with E-state index in [1.54, 1.807) is 12.1 Å². The molecule has 1 aromatic rings. The molecule has 0 saturated carbocycles. The van der Waals surface area contributed by atoms with Gasteiger partial charge >= 0.3 is 0 Å². The van der Waals surface area contributed by atoms with Crippen LogP contribution in [-0.2, 0) is 4.79 Å². The Kier molecular flexibility index (Phi) is 4.10. The van der Waals surface area contributed by atoms with Gasteiger partial charge in [0.2, 0.25) is 5.91 Å². The Balaban J connectivity index is 2.08. The number of hydrogen-bond acceptors (Lipinski definition) is 5. The maximum atomic E-state index is 11.0. The molecule has 98 valence electrons. The topological polar surface area (TPSA) is 101 Å². The van der Waals surface area contributed by atoms with Crippen molar-refractivity contribution in [2.45, 2.75) is 12.8 Å². The maximum absolute atomic E-state index is 11.0. The van der Waals surface area contributed by atoms with Gasteiger partial charge in [-0.05, 0) is 17.7 Å². The van der Waals surface area contributed by atoms with Crippen LogP contribution in [0.3, 0.4) is 0 Å². The van der Waals surface area contributed by atoms with Gasteiger partial charge in [-0.2, -0.15) is 15.6 Å². The molecule has 0 atom stereocenters. The number of hydrazone groups is 1. The van der Waals surface area contributed by atoms with Crippen molar-refractivity contribution in [2.75, 3.05) is 5.32 Å². The predicted molar refractivity (Wildman–Crippen MR) is 73.3 cm³/mol. The van der Waals surface area contributed by atoms with Gasteiger partial charge in [-0.1, -0.05) is 12.1 Å². The van der Waals surface area contributed by atoms with Crippen molar-refractivity contribution in [1.82, 2.24) is 5.43 Å². The lowest BCUT2D eigenvalue weighted by Crippen LogP contribution is -2.25. The van der Waals surface area contributed by atoms with Crippen LogP contribution in [0.4, 0.5) is 5.69 Å². The highest BCUT2D eigenvalue weighted by molar-refractivity contribution is 6.04. The Morgan fingerprint density at radius 1 is 1.25 bits per heavy atom. The Bertz CT molecular complexity index is 642. The minimum atomic E-state index is -0.0716. The fourth-order valence-corrected chi connectivity index (χ4v) is 1.69. The third kappa shape index (κ3) is 3.21. The Morgan fingerprint density at radius 3 is 2.50 bits per heavy atom. The molecule has 2 rings (SSSR count). The van der Waals surface area contributed by atoms with Crippen molar-refractivity contribution in [2.24, 2.45) is 5.10 Å². The van der Waals surface area contributed by atoms with Crippen LogP contribution in [0.15, 0.2) is 41.1 Å². The highest BCUT2D eigenvalue weighted by atomic mass is 16.2. The molecule has 0 spiro atoms. The van der Waals surface area contributed by atoms with Gasteiger partial charge in [0.1, 0.15) is 17.7 Å². The first kappa shape index (κ1) is 13.3. The third-order valence-corrected chi connectivity index (χ3v) is 2.75. The molecule has 1 aromatic carbocycles. The summed E-state index contributed by atoms with van der Waals surface area (Å²) in [5, 5.41) is 24.1. The molecular weight excluding hydrogens is 254 g/mol. The van der Waals surface area contributed by atoms with E-state index in [0.29, 0.717) is 12.8 Å². The molecule has 20 heavy (non-hydrogen) atoms. The molecule has 0 radical (unpaired) electrons. The van der Waals surface area contributed by atoms with Crippen molar-refractivity contribution in [3.63, 3.8) is 0 Å². The predicted octanol–water partition coefficient (Wildman–Crippen LogP) is 1.64. The van der Waals surface area contributed by atoms with Crippen molar-refractivity contribution in [3.05, 3.63) is 41.6 Å². The number of amides is 1. The molecule has 1 amide bonds. The van der Waals surface area contributed by atoms with Crippen molar-refractivity contribution in [1.29, 1.82) is 10.5 Å². The Labute approximate surface area is 116 Å². The fourth-order valence-electron chi connectivity index (χ4n) is 1.69. The summed E-state index contributed by atoms with van der Waals surface area (Å²) in [6.45, 7) is 0. The van der Waals surface area contributed by atoms with Gasteiger partial charge in [0.25, 0.3) is 0 Å². The number of carbonyl (C=O) groups is 1. The van der Waals surface area contributed by atoms with Gasteiger partial charge in [-0.25, -0.2) is 5.43 Å². The van der Waals surface area contributed by atoms with Crippen molar-refractivity contribution in [3.8, 4) is 12.1 Å². The summed E-state index contributed by atoms with van der Waals surface area (Å²) in [5.74, 6) is -0.0716. The first-order valence-corrected chi connectivity index (χ1v) is 5.95. The van der Waals surface area contributed by atoms with Crippen LogP contribution in [-0.4, -0.2) is 11.6 Å². The molecule has 0 aromatic heterocycles. The van der Waals surface area contributed by atoms with E-state index in [-0.39, 0.29) is 11.5 Å². The molecule has 0 bridgehead atoms. The summed E-state index contributed by atoms with van der Waals surface area (Å²) < 4.78 is 0. The number of rotatable bonds is 3. The molecule has 1 aliphatic rings. The average molecular weight is 265 g/mol.